The van der Waals surface area contributed by atoms with Crippen molar-refractivity contribution < 1.29 is 14.8 Å². The van der Waals surface area contributed by atoms with Crippen molar-refractivity contribution >= 4 is 10.8 Å². The molecule has 2 rings (SSSR count). The van der Waals surface area contributed by atoms with E-state index in [0.717, 1.165) is 17.3 Å². The summed E-state index contributed by atoms with van der Waals surface area (Å²) in [6.45, 7) is 4.75. The van der Waals surface area contributed by atoms with E-state index in [4.69, 9.17) is 0 Å². The summed E-state index contributed by atoms with van der Waals surface area (Å²) in [7, 11) is 0. The van der Waals surface area contributed by atoms with Gasteiger partial charge >= 0.3 is 0 Å². The number of rotatable bonds is 1. The zero-order valence-electron chi connectivity index (χ0n) is 8.86. The Hall–Kier alpha value is -1.77. The van der Waals surface area contributed by atoms with E-state index in [1.54, 1.807) is 13.0 Å². The van der Waals surface area contributed by atoms with Gasteiger partial charge in [-0.2, -0.15) is 0 Å². The smallest absolute Gasteiger partial charge is 0.177 e. The standard InChI is InChI=1S/C12H13NO2/c1-3-13-5-4-9-6-11(14)12(15)8(2)10(9)7-13/h4-7,15H,3H2,1-2H3/p+1. The number of aromatic hydroxyl groups is 2. The molecule has 15 heavy (non-hydrogen) atoms. The van der Waals surface area contributed by atoms with Gasteiger partial charge in [-0.1, -0.05) is 0 Å². The molecule has 1 aromatic heterocycles. The van der Waals surface area contributed by atoms with Crippen LogP contribution in [0.2, 0.25) is 0 Å². The molecule has 2 N–H and O–H groups in total. The van der Waals surface area contributed by atoms with Gasteiger partial charge in [0.1, 0.15) is 6.54 Å². The summed E-state index contributed by atoms with van der Waals surface area (Å²) in [6, 6.07) is 3.52. The third-order valence-corrected chi connectivity index (χ3v) is 2.71. The number of hydrogen-bond acceptors (Lipinski definition) is 2. The molecule has 0 fully saturated rings. The van der Waals surface area contributed by atoms with E-state index >= 15 is 0 Å². The van der Waals surface area contributed by atoms with Crippen LogP contribution in [0.15, 0.2) is 24.5 Å². The first-order valence-corrected chi connectivity index (χ1v) is 4.97. The van der Waals surface area contributed by atoms with E-state index in [1.807, 2.05) is 23.0 Å². The maximum absolute atomic E-state index is 9.61. The van der Waals surface area contributed by atoms with Gasteiger partial charge in [0.25, 0.3) is 0 Å². The Bertz CT molecular complexity index is 521. The van der Waals surface area contributed by atoms with Crippen molar-refractivity contribution in [1.82, 2.24) is 0 Å². The van der Waals surface area contributed by atoms with E-state index in [0.29, 0.717) is 5.56 Å². The molecular weight excluding hydrogens is 190 g/mol. The van der Waals surface area contributed by atoms with E-state index in [9.17, 15) is 10.2 Å². The van der Waals surface area contributed by atoms with Crippen LogP contribution in [0.3, 0.4) is 0 Å². The molecule has 78 valence electrons. The highest BCUT2D eigenvalue weighted by Gasteiger charge is 2.11. The number of benzene rings is 1. The van der Waals surface area contributed by atoms with Gasteiger partial charge < -0.3 is 10.2 Å². The summed E-state index contributed by atoms with van der Waals surface area (Å²) in [5.74, 6) is -0.0920. The number of phenolic OH excluding ortho intramolecular Hbond substituents is 2. The minimum Gasteiger partial charge on any atom is -0.504 e. The fourth-order valence-electron chi connectivity index (χ4n) is 1.72. The van der Waals surface area contributed by atoms with Gasteiger partial charge in [-0.15, -0.1) is 0 Å². The Morgan fingerprint density at radius 1 is 1.33 bits per heavy atom. The largest absolute Gasteiger partial charge is 0.504 e. The van der Waals surface area contributed by atoms with Crippen LogP contribution >= 0.6 is 0 Å². The van der Waals surface area contributed by atoms with Crippen LogP contribution in [-0.2, 0) is 6.54 Å². The Labute approximate surface area is 88.2 Å². The van der Waals surface area contributed by atoms with Crippen molar-refractivity contribution in [2.24, 2.45) is 0 Å². The highest BCUT2D eigenvalue weighted by molar-refractivity contribution is 5.88. The molecule has 0 aliphatic carbocycles. The first-order valence-electron chi connectivity index (χ1n) is 4.97. The van der Waals surface area contributed by atoms with Gasteiger partial charge in [-0.3, -0.25) is 0 Å². The number of aryl methyl sites for hydroxylation is 2. The van der Waals surface area contributed by atoms with E-state index < -0.39 is 0 Å². The summed E-state index contributed by atoms with van der Waals surface area (Å²) in [5, 5.41) is 21.0. The van der Waals surface area contributed by atoms with Crippen LogP contribution in [0.25, 0.3) is 10.8 Å². The van der Waals surface area contributed by atoms with Crippen LogP contribution < -0.4 is 4.57 Å². The predicted octanol–water partition coefficient (Wildman–Crippen LogP) is 1.87. The molecular formula is C12H14NO2+. The second kappa shape index (κ2) is 3.42. The SMILES string of the molecule is CC[n+]1ccc2cc(O)c(O)c(C)c2c1. The Morgan fingerprint density at radius 2 is 2.07 bits per heavy atom. The van der Waals surface area contributed by atoms with Gasteiger partial charge in [-0.05, 0) is 25.3 Å². The average molecular weight is 204 g/mol. The Balaban J connectivity index is 2.81. The lowest BCUT2D eigenvalue weighted by atomic mass is 10.1. The third-order valence-electron chi connectivity index (χ3n) is 2.71. The Kier molecular flexibility index (Phi) is 2.23. The summed E-state index contributed by atoms with van der Waals surface area (Å²) >= 11 is 0. The molecule has 0 unspecified atom stereocenters. The molecule has 0 saturated carbocycles. The second-order valence-corrected chi connectivity index (χ2v) is 3.65. The highest BCUT2D eigenvalue weighted by atomic mass is 16.3. The fraction of sp³-hybridized carbons (Fsp3) is 0.250. The number of pyridine rings is 1. The van der Waals surface area contributed by atoms with Gasteiger partial charge in [-0.25, -0.2) is 4.57 Å². The first-order chi connectivity index (χ1) is 7.13. The number of hydrogen-bond donors (Lipinski definition) is 2. The van der Waals surface area contributed by atoms with Crippen molar-refractivity contribution in [1.29, 1.82) is 0 Å². The van der Waals surface area contributed by atoms with E-state index in [-0.39, 0.29) is 11.5 Å². The molecule has 0 bridgehead atoms. The zero-order valence-corrected chi connectivity index (χ0v) is 8.86. The molecule has 0 aliphatic rings. The molecule has 0 aliphatic heterocycles. The summed E-state index contributed by atoms with van der Waals surface area (Å²) in [4.78, 5) is 0. The summed E-state index contributed by atoms with van der Waals surface area (Å²) < 4.78 is 2.03. The predicted molar refractivity (Wildman–Crippen MR) is 57.9 cm³/mol. The normalized spacial score (nSPS) is 10.8. The van der Waals surface area contributed by atoms with Crippen molar-refractivity contribution in [2.75, 3.05) is 0 Å². The monoisotopic (exact) mass is 204 g/mol. The van der Waals surface area contributed by atoms with Gasteiger partial charge in [0.2, 0.25) is 0 Å². The van der Waals surface area contributed by atoms with Crippen LogP contribution in [-0.4, -0.2) is 10.2 Å². The number of phenols is 2. The molecule has 1 aromatic carbocycles. The maximum Gasteiger partial charge on any atom is 0.177 e. The topological polar surface area (TPSA) is 44.3 Å². The molecule has 1 heterocycles. The number of aromatic nitrogens is 1. The molecule has 0 spiro atoms. The molecule has 0 radical (unpaired) electrons. The van der Waals surface area contributed by atoms with Gasteiger partial charge in [0.05, 0.1) is 5.39 Å². The quantitative estimate of drug-likeness (QED) is 0.550. The van der Waals surface area contributed by atoms with E-state index in [2.05, 4.69) is 6.92 Å². The lowest BCUT2D eigenvalue weighted by Crippen LogP contribution is -2.30. The molecule has 3 nitrogen and oxygen atoms in total. The van der Waals surface area contributed by atoms with Gasteiger partial charge in [0.15, 0.2) is 23.9 Å². The van der Waals surface area contributed by atoms with Gasteiger partial charge in [0, 0.05) is 11.6 Å². The summed E-state index contributed by atoms with van der Waals surface area (Å²) in [5.41, 5.74) is 0.716. The number of fused-ring (bicyclic) bond motifs is 1. The first kappa shape index (κ1) is 9.77. The second-order valence-electron chi connectivity index (χ2n) is 3.65. The molecule has 2 aromatic rings. The average Bonchev–Trinajstić information content (AvgIpc) is 2.26. The zero-order chi connectivity index (χ0) is 11.0. The minimum absolute atomic E-state index is 0.0312. The van der Waals surface area contributed by atoms with E-state index in [1.165, 1.54) is 0 Å². The fourth-order valence-corrected chi connectivity index (χ4v) is 1.72. The minimum atomic E-state index is -0.0609. The van der Waals surface area contributed by atoms with Crippen LogP contribution in [0, 0.1) is 6.92 Å². The summed E-state index contributed by atoms with van der Waals surface area (Å²) in [6.07, 6.45) is 3.93. The van der Waals surface area contributed by atoms with Crippen molar-refractivity contribution in [3.63, 3.8) is 0 Å². The van der Waals surface area contributed by atoms with Crippen molar-refractivity contribution in [2.45, 2.75) is 20.4 Å². The lowest BCUT2D eigenvalue weighted by Gasteiger charge is -2.05. The third kappa shape index (κ3) is 1.50. The van der Waals surface area contributed by atoms with Crippen LogP contribution in [0.1, 0.15) is 12.5 Å². The van der Waals surface area contributed by atoms with Crippen molar-refractivity contribution in [3.05, 3.63) is 30.1 Å². The van der Waals surface area contributed by atoms with Crippen LogP contribution in [0.4, 0.5) is 0 Å². The highest BCUT2D eigenvalue weighted by Crippen LogP contribution is 2.34. The Morgan fingerprint density at radius 3 is 2.73 bits per heavy atom. The molecule has 0 amide bonds. The number of nitrogens with zero attached hydrogens (tertiary/aromatic N) is 1. The molecule has 3 heteroatoms. The van der Waals surface area contributed by atoms with Crippen LogP contribution in [0.5, 0.6) is 11.5 Å². The maximum atomic E-state index is 9.61. The molecule has 0 saturated heterocycles. The lowest BCUT2D eigenvalue weighted by molar-refractivity contribution is -0.692. The van der Waals surface area contributed by atoms with Crippen molar-refractivity contribution in [3.8, 4) is 11.5 Å². The molecule has 0 atom stereocenters.